The number of carbonyl (C=O) groups is 1. The lowest BCUT2D eigenvalue weighted by Gasteiger charge is -2.22. The van der Waals surface area contributed by atoms with Crippen molar-refractivity contribution in [3.8, 4) is 0 Å². The van der Waals surface area contributed by atoms with E-state index in [1.807, 2.05) is 0 Å². The third-order valence-electron chi connectivity index (χ3n) is 4.89. The predicted molar refractivity (Wildman–Crippen MR) is 100 cm³/mol. The number of benzene rings is 2. The van der Waals surface area contributed by atoms with Crippen molar-refractivity contribution in [2.45, 2.75) is 19.1 Å². The van der Waals surface area contributed by atoms with Crippen LogP contribution >= 0.6 is 0 Å². The molecule has 9 heteroatoms. The maximum atomic E-state index is 12.8. The summed E-state index contributed by atoms with van der Waals surface area (Å²) in [6, 6.07) is 10.9. The summed E-state index contributed by atoms with van der Waals surface area (Å²) in [7, 11) is 0. The van der Waals surface area contributed by atoms with E-state index in [0.29, 0.717) is 39.1 Å². The fourth-order valence-corrected chi connectivity index (χ4v) is 3.37. The molecular weight excluding hydrogens is 387 g/mol. The second-order valence-corrected chi connectivity index (χ2v) is 6.89. The lowest BCUT2D eigenvalue weighted by Crippen LogP contribution is -2.35. The third kappa shape index (κ3) is 5.11. The summed E-state index contributed by atoms with van der Waals surface area (Å²) >= 11 is 0. The van der Waals surface area contributed by atoms with Crippen molar-refractivity contribution >= 4 is 11.6 Å². The van der Waals surface area contributed by atoms with Gasteiger partial charge in [-0.15, -0.1) is 0 Å². The first-order valence-corrected chi connectivity index (χ1v) is 9.17. The molecular formula is C20H20F3N3O3. The summed E-state index contributed by atoms with van der Waals surface area (Å²) < 4.78 is 38.0. The Hall–Kier alpha value is -2.94. The molecule has 0 N–H and O–H groups in total. The summed E-state index contributed by atoms with van der Waals surface area (Å²) in [5.74, 6) is -0.381. The van der Waals surface area contributed by atoms with Crippen LogP contribution in [0.15, 0.2) is 48.5 Å². The second-order valence-electron chi connectivity index (χ2n) is 6.89. The van der Waals surface area contributed by atoms with Crippen LogP contribution in [0.2, 0.25) is 0 Å². The standard InChI is InChI=1S/C20H20F3N3O3/c21-20(22,23)16-8-6-15(7-9-16)14-24-10-3-11-25(13-12-24)19(27)17-4-1-2-5-18(17)26(28)29/h1-2,4-9H,3,10-14H2. The third-order valence-corrected chi connectivity index (χ3v) is 4.89. The van der Waals surface area contributed by atoms with Gasteiger partial charge < -0.3 is 4.90 Å². The van der Waals surface area contributed by atoms with Crippen LogP contribution < -0.4 is 0 Å². The van der Waals surface area contributed by atoms with Gasteiger partial charge in [-0.3, -0.25) is 19.8 Å². The zero-order valence-corrected chi connectivity index (χ0v) is 15.6. The van der Waals surface area contributed by atoms with Gasteiger partial charge in [0.2, 0.25) is 0 Å². The normalized spacial score (nSPS) is 15.8. The van der Waals surface area contributed by atoms with Crippen molar-refractivity contribution in [2.75, 3.05) is 26.2 Å². The van der Waals surface area contributed by atoms with Crippen molar-refractivity contribution in [3.05, 3.63) is 75.3 Å². The van der Waals surface area contributed by atoms with E-state index >= 15 is 0 Å². The van der Waals surface area contributed by atoms with Gasteiger partial charge in [-0.25, -0.2) is 0 Å². The molecule has 0 spiro atoms. The zero-order chi connectivity index (χ0) is 21.0. The van der Waals surface area contributed by atoms with Gasteiger partial charge in [0.05, 0.1) is 10.5 Å². The highest BCUT2D eigenvalue weighted by Crippen LogP contribution is 2.29. The minimum atomic E-state index is -4.36. The topological polar surface area (TPSA) is 66.7 Å². The maximum absolute atomic E-state index is 12.8. The molecule has 1 saturated heterocycles. The summed E-state index contributed by atoms with van der Waals surface area (Å²) in [5.41, 5.74) is -0.0770. The maximum Gasteiger partial charge on any atom is 0.416 e. The molecule has 2 aromatic rings. The number of hydrogen-bond acceptors (Lipinski definition) is 4. The number of alkyl halides is 3. The average molecular weight is 407 g/mol. The number of para-hydroxylation sites is 1. The number of amides is 1. The predicted octanol–water partition coefficient (Wildman–Crippen LogP) is 3.96. The summed E-state index contributed by atoms with van der Waals surface area (Å²) in [5, 5.41) is 11.2. The van der Waals surface area contributed by atoms with E-state index in [1.165, 1.54) is 30.3 Å². The van der Waals surface area contributed by atoms with E-state index in [4.69, 9.17) is 0 Å². The van der Waals surface area contributed by atoms with Crippen LogP contribution in [0.5, 0.6) is 0 Å². The minimum Gasteiger partial charge on any atom is -0.337 e. The van der Waals surface area contributed by atoms with Gasteiger partial charge in [0.1, 0.15) is 5.56 Å². The van der Waals surface area contributed by atoms with Crippen LogP contribution in [0.25, 0.3) is 0 Å². The zero-order valence-electron chi connectivity index (χ0n) is 15.6. The molecule has 29 heavy (non-hydrogen) atoms. The van der Waals surface area contributed by atoms with E-state index in [0.717, 1.165) is 17.7 Å². The molecule has 0 bridgehead atoms. The molecule has 0 aromatic heterocycles. The largest absolute Gasteiger partial charge is 0.416 e. The Bertz CT molecular complexity index is 885. The summed E-state index contributed by atoms with van der Waals surface area (Å²) in [4.78, 5) is 27.0. The van der Waals surface area contributed by atoms with Gasteiger partial charge in [0.25, 0.3) is 11.6 Å². The Balaban J connectivity index is 1.63. The van der Waals surface area contributed by atoms with E-state index in [1.54, 1.807) is 11.0 Å². The van der Waals surface area contributed by atoms with Crippen LogP contribution in [0.3, 0.4) is 0 Å². The number of halogens is 3. The van der Waals surface area contributed by atoms with Gasteiger partial charge in [-0.05, 0) is 30.2 Å². The van der Waals surface area contributed by atoms with Crippen LogP contribution in [-0.2, 0) is 12.7 Å². The molecule has 0 unspecified atom stereocenters. The van der Waals surface area contributed by atoms with Crippen LogP contribution in [0.1, 0.15) is 27.9 Å². The molecule has 1 heterocycles. The Morgan fingerprint density at radius 2 is 1.69 bits per heavy atom. The Labute approximate surface area is 165 Å². The molecule has 154 valence electrons. The molecule has 0 atom stereocenters. The highest BCUT2D eigenvalue weighted by molar-refractivity contribution is 5.98. The average Bonchev–Trinajstić information content (AvgIpc) is 2.93. The monoisotopic (exact) mass is 407 g/mol. The molecule has 0 aliphatic carbocycles. The molecule has 2 aromatic carbocycles. The molecule has 1 fully saturated rings. The van der Waals surface area contributed by atoms with Gasteiger partial charge >= 0.3 is 6.18 Å². The number of nitro groups is 1. The molecule has 1 aliphatic heterocycles. The van der Waals surface area contributed by atoms with Gasteiger partial charge in [0, 0.05) is 38.8 Å². The van der Waals surface area contributed by atoms with Crippen LogP contribution in [0.4, 0.5) is 18.9 Å². The first kappa shape index (κ1) is 20.8. The minimum absolute atomic E-state index is 0.0636. The SMILES string of the molecule is O=C(c1ccccc1[N+](=O)[O-])N1CCCN(Cc2ccc(C(F)(F)F)cc2)CC1. The first-order chi connectivity index (χ1) is 13.8. The Morgan fingerprint density at radius 3 is 2.34 bits per heavy atom. The molecule has 1 amide bonds. The first-order valence-electron chi connectivity index (χ1n) is 9.17. The Kier molecular flexibility index (Phi) is 6.17. The lowest BCUT2D eigenvalue weighted by molar-refractivity contribution is -0.385. The Morgan fingerprint density at radius 1 is 1.00 bits per heavy atom. The van der Waals surface area contributed by atoms with E-state index in [-0.39, 0.29) is 17.2 Å². The molecule has 6 nitrogen and oxygen atoms in total. The van der Waals surface area contributed by atoms with Crippen molar-refractivity contribution in [1.82, 2.24) is 9.80 Å². The number of carbonyl (C=O) groups excluding carboxylic acids is 1. The van der Waals surface area contributed by atoms with Crippen molar-refractivity contribution < 1.29 is 22.9 Å². The molecule has 3 rings (SSSR count). The van der Waals surface area contributed by atoms with Crippen molar-refractivity contribution in [2.24, 2.45) is 0 Å². The molecule has 1 aliphatic rings. The van der Waals surface area contributed by atoms with E-state index in [2.05, 4.69) is 4.90 Å². The van der Waals surface area contributed by atoms with E-state index < -0.39 is 16.7 Å². The van der Waals surface area contributed by atoms with Gasteiger partial charge in [0.15, 0.2) is 0 Å². The molecule has 0 saturated carbocycles. The second kappa shape index (κ2) is 8.60. The fourth-order valence-electron chi connectivity index (χ4n) is 3.37. The highest BCUT2D eigenvalue weighted by Gasteiger charge is 2.30. The summed E-state index contributed by atoms with van der Waals surface area (Å²) in [6.45, 7) is 2.56. The van der Waals surface area contributed by atoms with Crippen molar-refractivity contribution in [3.63, 3.8) is 0 Å². The van der Waals surface area contributed by atoms with Gasteiger partial charge in [-0.2, -0.15) is 13.2 Å². The quantitative estimate of drug-likeness (QED) is 0.568. The van der Waals surface area contributed by atoms with Crippen LogP contribution in [-0.4, -0.2) is 46.8 Å². The number of rotatable bonds is 4. The highest BCUT2D eigenvalue weighted by atomic mass is 19.4. The summed E-state index contributed by atoms with van der Waals surface area (Å²) in [6.07, 6.45) is -3.69. The fraction of sp³-hybridized carbons (Fsp3) is 0.350. The molecule has 0 radical (unpaired) electrons. The smallest absolute Gasteiger partial charge is 0.337 e. The van der Waals surface area contributed by atoms with Crippen molar-refractivity contribution in [1.29, 1.82) is 0 Å². The number of hydrogen-bond donors (Lipinski definition) is 0. The van der Waals surface area contributed by atoms with Gasteiger partial charge in [-0.1, -0.05) is 24.3 Å². The van der Waals surface area contributed by atoms with Crippen LogP contribution in [0, 0.1) is 10.1 Å². The number of nitro benzene ring substituents is 1. The van der Waals surface area contributed by atoms with E-state index in [9.17, 15) is 28.1 Å². The number of nitrogens with zero attached hydrogens (tertiary/aromatic N) is 3. The lowest BCUT2D eigenvalue weighted by atomic mass is 10.1.